The fourth-order valence-electron chi connectivity index (χ4n) is 4.67. The van der Waals surface area contributed by atoms with Gasteiger partial charge in [-0.3, -0.25) is 19.1 Å². The number of aromatic nitrogens is 1. The van der Waals surface area contributed by atoms with Crippen LogP contribution >= 0.6 is 24.0 Å². The van der Waals surface area contributed by atoms with E-state index in [4.69, 9.17) is 17.0 Å². The first kappa shape index (κ1) is 26.0. The first-order valence-corrected chi connectivity index (χ1v) is 13.2. The number of rotatable bonds is 6. The molecule has 1 amide bonds. The second-order valence-corrected chi connectivity index (χ2v) is 11.0. The van der Waals surface area contributed by atoms with Gasteiger partial charge in [0, 0.05) is 32.2 Å². The lowest BCUT2D eigenvalue weighted by molar-refractivity contribution is -0.122. The van der Waals surface area contributed by atoms with E-state index in [9.17, 15) is 14.9 Å². The average molecular weight is 523 g/mol. The Morgan fingerprint density at radius 3 is 2.50 bits per heavy atom. The van der Waals surface area contributed by atoms with Crippen molar-refractivity contribution < 1.29 is 9.53 Å². The first-order chi connectivity index (χ1) is 17.2. The normalized spacial score (nSPS) is 17.7. The van der Waals surface area contributed by atoms with Gasteiger partial charge in [0.15, 0.2) is 0 Å². The number of methoxy groups -OCH3 is 1. The Bertz CT molecular complexity index is 1320. The molecule has 1 aromatic heterocycles. The van der Waals surface area contributed by atoms with Gasteiger partial charge in [-0.15, -0.1) is 0 Å². The molecule has 0 unspecified atom stereocenters. The van der Waals surface area contributed by atoms with Crippen LogP contribution in [0.2, 0.25) is 0 Å². The lowest BCUT2D eigenvalue weighted by atomic mass is 9.97. The van der Waals surface area contributed by atoms with Crippen molar-refractivity contribution in [2.45, 2.75) is 33.1 Å². The number of thiocarbonyl (C=S) groups is 1. The van der Waals surface area contributed by atoms with Crippen LogP contribution in [0.1, 0.15) is 42.0 Å². The molecule has 2 fully saturated rings. The van der Waals surface area contributed by atoms with Gasteiger partial charge < -0.3 is 9.64 Å². The number of carbonyl (C=O) groups is 1. The largest absolute Gasteiger partial charge is 0.497 e. The maximum absolute atomic E-state index is 13.4. The number of ether oxygens (including phenoxy) is 1. The van der Waals surface area contributed by atoms with E-state index in [1.807, 2.05) is 30.3 Å². The van der Waals surface area contributed by atoms with Crippen molar-refractivity contribution in [1.82, 2.24) is 9.47 Å². The topological polar surface area (TPSA) is 78.6 Å². The lowest BCUT2D eigenvalue weighted by Gasteiger charge is -2.34. The Morgan fingerprint density at radius 1 is 1.22 bits per heavy atom. The van der Waals surface area contributed by atoms with Gasteiger partial charge in [0.2, 0.25) is 0 Å². The quantitative estimate of drug-likeness (QED) is 0.414. The molecule has 0 aliphatic carbocycles. The van der Waals surface area contributed by atoms with Crippen LogP contribution in [0.15, 0.2) is 34.0 Å². The number of benzene rings is 1. The third kappa shape index (κ3) is 5.06. The highest BCUT2D eigenvalue weighted by molar-refractivity contribution is 8.26. The van der Waals surface area contributed by atoms with Crippen molar-refractivity contribution in [3.63, 3.8) is 0 Å². The second kappa shape index (κ2) is 10.9. The SMILES string of the molecule is COc1ccc(CCN2C(=O)/C(=C/c3c(C)c(C#N)c(=O)n(C)c3N3CCC(C)CC3)SC2=S)cc1. The molecular formula is C27H30N4O3S2. The fourth-order valence-corrected chi connectivity index (χ4v) is 5.96. The number of hydrogen-bond donors (Lipinski definition) is 0. The summed E-state index contributed by atoms with van der Waals surface area (Å²) >= 11 is 6.82. The Hall–Kier alpha value is -3.09. The smallest absolute Gasteiger partial charge is 0.270 e. The number of hydrogen-bond acceptors (Lipinski definition) is 7. The molecule has 0 radical (unpaired) electrons. The minimum Gasteiger partial charge on any atom is -0.497 e. The summed E-state index contributed by atoms with van der Waals surface area (Å²) in [5, 5.41) is 9.69. The molecule has 188 valence electrons. The highest BCUT2D eigenvalue weighted by Gasteiger charge is 2.33. The predicted molar refractivity (Wildman–Crippen MR) is 148 cm³/mol. The maximum atomic E-state index is 13.4. The summed E-state index contributed by atoms with van der Waals surface area (Å²) in [7, 11) is 3.33. The summed E-state index contributed by atoms with van der Waals surface area (Å²) in [4.78, 5) is 30.7. The molecule has 0 bridgehead atoms. The predicted octanol–water partition coefficient (Wildman–Crippen LogP) is 4.25. The molecule has 0 atom stereocenters. The van der Waals surface area contributed by atoms with E-state index in [2.05, 4.69) is 17.9 Å². The molecule has 1 aromatic carbocycles. The van der Waals surface area contributed by atoms with E-state index in [1.165, 1.54) is 11.8 Å². The van der Waals surface area contributed by atoms with Gasteiger partial charge in [0.05, 0.1) is 12.0 Å². The molecule has 9 heteroatoms. The zero-order valence-electron chi connectivity index (χ0n) is 21.0. The summed E-state index contributed by atoms with van der Waals surface area (Å²) in [5.41, 5.74) is 2.21. The molecule has 2 aliphatic heterocycles. The lowest BCUT2D eigenvalue weighted by Crippen LogP contribution is -2.38. The monoisotopic (exact) mass is 522 g/mol. The summed E-state index contributed by atoms with van der Waals surface area (Å²) in [6, 6.07) is 9.83. The number of pyridine rings is 1. The Labute approximate surface area is 221 Å². The minimum atomic E-state index is -0.312. The fraction of sp³-hybridized carbons (Fsp3) is 0.407. The van der Waals surface area contributed by atoms with Crippen molar-refractivity contribution in [1.29, 1.82) is 5.26 Å². The minimum absolute atomic E-state index is 0.105. The number of amides is 1. The average Bonchev–Trinajstić information content (AvgIpc) is 3.14. The van der Waals surface area contributed by atoms with Crippen LogP contribution in [0.4, 0.5) is 5.82 Å². The van der Waals surface area contributed by atoms with Crippen molar-refractivity contribution in [2.75, 3.05) is 31.6 Å². The first-order valence-electron chi connectivity index (χ1n) is 12.0. The molecule has 36 heavy (non-hydrogen) atoms. The highest BCUT2D eigenvalue weighted by atomic mass is 32.2. The highest BCUT2D eigenvalue weighted by Crippen LogP contribution is 2.36. The molecule has 0 N–H and O–H groups in total. The van der Waals surface area contributed by atoms with Gasteiger partial charge in [-0.05, 0) is 61.4 Å². The maximum Gasteiger partial charge on any atom is 0.270 e. The third-order valence-corrected chi connectivity index (χ3v) is 8.36. The Balaban J connectivity index is 1.66. The Kier molecular flexibility index (Phi) is 7.86. The van der Waals surface area contributed by atoms with Crippen LogP contribution in [0.3, 0.4) is 0 Å². The summed E-state index contributed by atoms with van der Waals surface area (Å²) in [5.74, 6) is 2.02. The van der Waals surface area contributed by atoms with E-state index in [0.29, 0.717) is 33.7 Å². The van der Waals surface area contributed by atoms with Gasteiger partial charge in [-0.25, -0.2) is 0 Å². The van der Waals surface area contributed by atoms with Crippen molar-refractivity contribution in [3.8, 4) is 11.8 Å². The molecule has 2 aliphatic rings. The van der Waals surface area contributed by atoms with E-state index in [-0.39, 0.29) is 17.0 Å². The van der Waals surface area contributed by atoms with Gasteiger partial charge in [-0.1, -0.05) is 43.0 Å². The van der Waals surface area contributed by atoms with Crippen molar-refractivity contribution in [2.24, 2.45) is 13.0 Å². The number of piperidine rings is 1. The molecule has 7 nitrogen and oxygen atoms in total. The van der Waals surface area contributed by atoms with Crippen molar-refractivity contribution in [3.05, 3.63) is 61.8 Å². The van der Waals surface area contributed by atoms with E-state index in [1.54, 1.807) is 30.5 Å². The standard InChI is InChI=1S/C27H30N4O3S2/c1-17-9-12-30(13-10-17)24-21(18(2)22(16-28)25(32)29(24)3)15-23-26(33)31(27(35)36-23)14-11-19-5-7-20(34-4)8-6-19/h5-8,15,17H,9-14H2,1-4H3/b23-15-. The molecular weight excluding hydrogens is 492 g/mol. The molecule has 4 rings (SSSR count). The summed E-state index contributed by atoms with van der Waals surface area (Å²) < 4.78 is 7.28. The van der Waals surface area contributed by atoms with Crippen LogP contribution in [-0.4, -0.2) is 46.4 Å². The number of anilines is 1. The van der Waals surface area contributed by atoms with E-state index >= 15 is 0 Å². The number of thioether (sulfide) groups is 1. The summed E-state index contributed by atoms with van der Waals surface area (Å²) in [6.07, 6.45) is 4.54. The van der Waals surface area contributed by atoms with Crippen LogP contribution in [0.5, 0.6) is 5.75 Å². The van der Waals surface area contributed by atoms with Gasteiger partial charge in [0.25, 0.3) is 11.5 Å². The zero-order valence-corrected chi connectivity index (χ0v) is 22.7. The number of nitrogens with zero attached hydrogens (tertiary/aromatic N) is 4. The number of nitriles is 1. The molecule has 2 aromatic rings. The zero-order chi connectivity index (χ0) is 26.0. The van der Waals surface area contributed by atoms with Gasteiger partial charge in [-0.2, -0.15) is 5.26 Å². The molecule has 0 saturated carbocycles. The van der Waals surface area contributed by atoms with Crippen LogP contribution in [0.25, 0.3) is 6.08 Å². The van der Waals surface area contributed by atoms with Gasteiger partial charge in [0.1, 0.15) is 27.5 Å². The molecule has 0 spiro atoms. The molecule has 2 saturated heterocycles. The second-order valence-electron chi connectivity index (χ2n) is 9.31. The van der Waals surface area contributed by atoms with Crippen LogP contribution in [0, 0.1) is 24.2 Å². The van der Waals surface area contributed by atoms with Gasteiger partial charge >= 0.3 is 0 Å². The van der Waals surface area contributed by atoms with E-state index < -0.39 is 0 Å². The Morgan fingerprint density at radius 2 is 1.89 bits per heavy atom. The summed E-state index contributed by atoms with van der Waals surface area (Å²) in [6.45, 7) is 6.14. The van der Waals surface area contributed by atoms with E-state index in [0.717, 1.165) is 48.6 Å². The van der Waals surface area contributed by atoms with Crippen LogP contribution in [-0.2, 0) is 18.3 Å². The third-order valence-electron chi connectivity index (χ3n) is 6.98. The van der Waals surface area contributed by atoms with Crippen molar-refractivity contribution >= 4 is 46.1 Å². The number of carbonyl (C=O) groups excluding carboxylic acids is 1. The van der Waals surface area contributed by atoms with Crippen LogP contribution < -0.4 is 15.2 Å². The molecule has 3 heterocycles.